The number of rotatable bonds is 25. The Balaban J connectivity index is 3.86. The summed E-state index contributed by atoms with van der Waals surface area (Å²) >= 11 is 0. The number of hydrogen-bond acceptors (Lipinski definition) is 3. The zero-order valence-corrected chi connectivity index (χ0v) is 20.6. The quantitative estimate of drug-likeness (QED) is 0.0905. The Morgan fingerprint density at radius 1 is 0.567 bits per heavy atom. The Morgan fingerprint density at radius 3 is 1.53 bits per heavy atom. The second-order valence-electron chi connectivity index (χ2n) is 8.68. The van der Waals surface area contributed by atoms with Crippen molar-refractivity contribution in [3.63, 3.8) is 0 Å². The first-order chi connectivity index (χ1) is 14.8. The van der Waals surface area contributed by atoms with Crippen LogP contribution in [-0.2, 0) is 9.47 Å². The van der Waals surface area contributed by atoms with Crippen molar-refractivity contribution in [1.82, 2.24) is 0 Å². The van der Waals surface area contributed by atoms with E-state index >= 15 is 0 Å². The molecule has 0 aromatic heterocycles. The zero-order valence-electron chi connectivity index (χ0n) is 20.6. The standard InChI is InChI=1S/C27H54O3/c1-3-5-7-9-13-17-21-25-29-27(23-19-15-11-12-16-20-24-28)30-26-22-18-14-10-8-6-4-2/h12,16,27-28H,3-11,13-15,17-26H2,1-2H3/b16-12-. The number of aliphatic hydroxyl groups excluding tert-OH is 1. The van der Waals surface area contributed by atoms with E-state index in [0.29, 0.717) is 0 Å². The summed E-state index contributed by atoms with van der Waals surface area (Å²) in [7, 11) is 0. The first-order valence-corrected chi connectivity index (χ1v) is 13.3. The van der Waals surface area contributed by atoms with Gasteiger partial charge < -0.3 is 14.6 Å². The molecule has 0 aliphatic carbocycles. The third-order valence-corrected chi connectivity index (χ3v) is 5.63. The second-order valence-corrected chi connectivity index (χ2v) is 8.68. The maximum atomic E-state index is 8.81. The third-order valence-electron chi connectivity index (χ3n) is 5.63. The summed E-state index contributed by atoms with van der Waals surface area (Å²) in [5.74, 6) is 0. The summed E-state index contributed by atoms with van der Waals surface area (Å²) < 4.78 is 12.2. The molecule has 180 valence electrons. The highest BCUT2D eigenvalue weighted by molar-refractivity contribution is 4.80. The van der Waals surface area contributed by atoms with E-state index in [1.54, 1.807) is 0 Å². The lowest BCUT2D eigenvalue weighted by Gasteiger charge is -2.19. The molecule has 0 bridgehead atoms. The molecule has 0 spiro atoms. The van der Waals surface area contributed by atoms with Crippen LogP contribution in [0, 0.1) is 0 Å². The van der Waals surface area contributed by atoms with Gasteiger partial charge in [-0.25, -0.2) is 0 Å². The summed E-state index contributed by atoms with van der Waals surface area (Å²) in [5, 5.41) is 8.81. The predicted molar refractivity (Wildman–Crippen MR) is 131 cm³/mol. The van der Waals surface area contributed by atoms with Crippen molar-refractivity contribution in [2.45, 2.75) is 142 Å². The zero-order chi connectivity index (χ0) is 22.0. The molecule has 1 N–H and O–H groups in total. The lowest BCUT2D eigenvalue weighted by Crippen LogP contribution is -2.19. The van der Waals surface area contributed by atoms with E-state index in [0.717, 1.165) is 51.7 Å². The summed E-state index contributed by atoms with van der Waals surface area (Å²) in [6, 6.07) is 0. The molecule has 30 heavy (non-hydrogen) atoms. The average molecular weight is 427 g/mol. The van der Waals surface area contributed by atoms with Crippen LogP contribution in [0.3, 0.4) is 0 Å². The number of unbranched alkanes of at least 4 members (excludes halogenated alkanes) is 14. The molecule has 0 aromatic carbocycles. The van der Waals surface area contributed by atoms with Crippen LogP contribution in [0.15, 0.2) is 12.2 Å². The van der Waals surface area contributed by atoms with Crippen LogP contribution in [0.25, 0.3) is 0 Å². The molecule has 0 atom stereocenters. The Kier molecular flexibility index (Phi) is 26.3. The maximum Gasteiger partial charge on any atom is 0.157 e. The molecule has 3 heteroatoms. The van der Waals surface area contributed by atoms with Crippen LogP contribution in [0.5, 0.6) is 0 Å². The van der Waals surface area contributed by atoms with Gasteiger partial charge in [-0.2, -0.15) is 0 Å². The molecule has 0 unspecified atom stereocenters. The van der Waals surface area contributed by atoms with Crippen molar-refractivity contribution in [1.29, 1.82) is 0 Å². The fourth-order valence-corrected chi connectivity index (χ4v) is 3.65. The number of ether oxygens (including phenoxy) is 2. The van der Waals surface area contributed by atoms with E-state index in [1.165, 1.54) is 83.5 Å². The van der Waals surface area contributed by atoms with E-state index < -0.39 is 0 Å². The Morgan fingerprint density at radius 2 is 1.03 bits per heavy atom. The minimum atomic E-state index is -0.0217. The molecule has 3 nitrogen and oxygen atoms in total. The molecule has 0 fully saturated rings. The fraction of sp³-hybridized carbons (Fsp3) is 0.926. The number of allylic oxidation sites excluding steroid dienone is 1. The van der Waals surface area contributed by atoms with Crippen molar-refractivity contribution in [2.75, 3.05) is 19.8 Å². The van der Waals surface area contributed by atoms with Crippen LogP contribution in [0.1, 0.15) is 136 Å². The monoisotopic (exact) mass is 426 g/mol. The third kappa shape index (κ3) is 23.9. The second kappa shape index (κ2) is 26.7. The van der Waals surface area contributed by atoms with Gasteiger partial charge in [0.1, 0.15) is 0 Å². The van der Waals surface area contributed by atoms with Crippen molar-refractivity contribution >= 4 is 0 Å². The van der Waals surface area contributed by atoms with E-state index in [2.05, 4.69) is 26.0 Å². The first kappa shape index (κ1) is 29.6. The van der Waals surface area contributed by atoms with Gasteiger partial charge in [0, 0.05) is 19.8 Å². The minimum absolute atomic E-state index is 0.0217. The van der Waals surface area contributed by atoms with Gasteiger partial charge in [0.05, 0.1) is 0 Å². The molecule has 0 heterocycles. The summed E-state index contributed by atoms with van der Waals surface area (Å²) in [6.07, 6.45) is 27.9. The molecule has 0 aliphatic rings. The largest absolute Gasteiger partial charge is 0.396 e. The van der Waals surface area contributed by atoms with Gasteiger partial charge in [-0.05, 0) is 44.9 Å². The molecule has 0 amide bonds. The van der Waals surface area contributed by atoms with Crippen LogP contribution in [0.4, 0.5) is 0 Å². The highest BCUT2D eigenvalue weighted by atomic mass is 16.7. The predicted octanol–water partition coefficient (Wildman–Crippen LogP) is 8.35. The average Bonchev–Trinajstić information content (AvgIpc) is 2.76. The van der Waals surface area contributed by atoms with Crippen molar-refractivity contribution in [3.8, 4) is 0 Å². The lowest BCUT2D eigenvalue weighted by atomic mass is 10.1. The van der Waals surface area contributed by atoms with Gasteiger partial charge in [-0.3, -0.25) is 0 Å². The molecule has 0 aliphatic heterocycles. The number of hydrogen-bond donors (Lipinski definition) is 1. The Labute approximate surface area is 189 Å². The molecule has 0 rings (SSSR count). The van der Waals surface area contributed by atoms with Gasteiger partial charge in [0.25, 0.3) is 0 Å². The topological polar surface area (TPSA) is 38.7 Å². The summed E-state index contributed by atoms with van der Waals surface area (Å²) in [4.78, 5) is 0. The van der Waals surface area contributed by atoms with Crippen LogP contribution in [0.2, 0.25) is 0 Å². The van der Waals surface area contributed by atoms with Crippen LogP contribution < -0.4 is 0 Å². The van der Waals surface area contributed by atoms with Crippen molar-refractivity contribution < 1.29 is 14.6 Å². The van der Waals surface area contributed by atoms with Crippen LogP contribution in [-0.4, -0.2) is 31.2 Å². The van der Waals surface area contributed by atoms with Crippen LogP contribution >= 0.6 is 0 Å². The smallest absolute Gasteiger partial charge is 0.157 e. The van der Waals surface area contributed by atoms with Gasteiger partial charge in [0.2, 0.25) is 0 Å². The molecular weight excluding hydrogens is 372 g/mol. The van der Waals surface area contributed by atoms with E-state index in [1.807, 2.05) is 0 Å². The van der Waals surface area contributed by atoms with Gasteiger partial charge in [0.15, 0.2) is 6.29 Å². The molecule has 0 radical (unpaired) electrons. The van der Waals surface area contributed by atoms with Gasteiger partial charge in [-0.15, -0.1) is 0 Å². The van der Waals surface area contributed by atoms with Gasteiger partial charge >= 0.3 is 0 Å². The van der Waals surface area contributed by atoms with E-state index in [4.69, 9.17) is 14.6 Å². The Bertz CT molecular complexity index is 310. The normalized spacial score (nSPS) is 11.9. The van der Waals surface area contributed by atoms with Gasteiger partial charge in [-0.1, -0.05) is 103 Å². The highest BCUT2D eigenvalue weighted by Gasteiger charge is 2.09. The number of aliphatic hydroxyl groups is 1. The SMILES string of the molecule is CCCCCCCCCOC(CCCC/C=C\CCO)OCCCCCCCCC. The summed E-state index contributed by atoms with van der Waals surface area (Å²) in [6.45, 7) is 6.47. The fourth-order valence-electron chi connectivity index (χ4n) is 3.65. The Hall–Kier alpha value is -0.380. The molecule has 0 saturated carbocycles. The van der Waals surface area contributed by atoms with E-state index in [-0.39, 0.29) is 12.9 Å². The van der Waals surface area contributed by atoms with Crippen molar-refractivity contribution in [2.24, 2.45) is 0 Å². The van der Waals surface area contributed by atoms with E-state index in [9.17, 15) is 0 Å². The summed E-state index contributed by atoms with van der Waals surface area (Å²) in [5.41, 5.74) is 0. The molecule has 0 aromatic rings. The highest BCUT2D eigenvalue weighted by Crippen LogP contribution is 2.13. The minimum Gasteiger partial charge on any atom is -0.396 e. The molecular formula is C27H54O3. The first-order valence-electron chi connectivity index (χ1n) is 13.3. The molecule has 0 saturated heterocycles. The van der Waals surface area contributed by atoms with Crippen molar-refractivity contribution in [3.05, 3.63) is 12.2 Å². The lowest BCUT2D eigenvalue weighted by molar-refractivity contribution is -0.148. The maximum absolute atomic E-state index is 8.81.